The van der Waals surface area contributed by atoms with E-state index in [9.17, 15) is 0 Å². The van der Waals surface area contributed by atoms with Crippen LogP contribution in [0.25, 0.3) is 5.57 Å². The maximum atomic E-state index is 6.14. The van der Waals surface area contributed by atoms with E-state index >= 15 is 0 Å². The lowest BCUT2D eigenvalue weighted by Gasteiger charge is -2.07. The summed E-state index contributed by atoms with van der Waals surface area (Å²) in [6.07, 6.45) is 6.91. The van der Waals surface area contributed by atoms with Crippen LogP contribution in [0.1, 0.15) is 31.9 Å². The summed E-state index contributed by atoms with van der Waals surface area (Å²) in [6, 6.07) is 0.182. The normalized spacial score (nSPS) is 20.7. The van der Waals surface area contributed by atoms with E-state index in [1.54, 1.807) is 6.20 Å². The van der Waals surface area contributed by atoms with Crippen LogP contribution in [0.4, 0.5) is 0 Å². The number of hydrogen-bond donors (Lipinski definition) is 1. The number of nitrogens with two attached hydrogens (primary N) is 1. The number of rotatable bonds is 3. The molecule has 1 heterocycles. The topological polar surface area (TPSA) is 43.8 Å². The van der Waals surface area contributed by atoms with Gasteiger partial charge in [-0.25, -0.2) is 0 Å². The summed E-state index contributed by atoms with van der Waals surface area (Å²) in [5.74, 6) is 0. The molecule has 0 amide bonds. The molecule has 1 aromatic heterocycles. The average molecular weight is 226 g/mol. The Bertz CT molecular complexity index is 381. The van der Waals surface area contributed by atoms with Crippen LogP contribution in [0.2, 0.25) is 5.02 Å². The van der Waals surface area contributed by atoms with E-state index in [0.717, 1.165) is 36.5 Å². The van der Waals surface area contributed by atoms with Gasteiger partial charge < -0.3 is 5.73 Å². The van der Waals surface area contributed by atoms with Gasteiger partial charge in [0.15, 0.2) is 0 Å². The van der Waals surface area contributed by atoms with Gasteiger partial charge in [0.2, 0.25) is 0 Å². The van der Waals surface area contributed by atoms with E-state index in [2.05, 4.69) is 18.1 Å². The molecule has 2 rings (SSSR count). The monoisotopic (exact) mass is 225 g/mol. The van der Waals surface area contributed by atoms with E-state index in [0.29, 0.717) is 0 Å². The number of aryl methyl sites for hydroxylation is 1. The highest BCUT2D eigenvalue weighted by Gasteiger charge is 2.19. The fraction of sp³-hybridized carbons (Fsp3) is 0.545. The van der Waals surface area contributed by atoms with Crippen molar-refractivity contribution in [2.24, 2.45) is 5.73 Å². The van der Waals surface area contributed by atoms with Crippen LogP contribution in [0.3, 0.4) is 0 Å². The van der Waals surface area contributed by atoms with Crippen LogP contribution in [-0.4, -0.2) is 15.8 Å². The largest absolute Gasteiger partial charge is 0.324 e. The molecular weight excluding hydrogens is 210 g/mol. The fourth-order valence-corrected chi connectivity index (χ4v) is 2.27. The summed E-state index contributed by atoms with van der Waals surface area (Å²) in [6.45, 7) is 3.04. The molecule has 0 saturated carbocycles. The van der Waals surface area contributed by atoms with Gasteiger partial charge in [0.1, 0.15) is 0 Å². The fourth-order valence-electron chi connectivity index (χ4n) is 2.01. The molecule has 15 heavy (non-hydrogen) atoms. The van der Waals surface area contributed by atoms with Gasteiger partial charge in [-0.15, -0.1) is 0 Å². The van der Waals surface area contributed by atoms with E-state index in [1.165, 1.54) is 5.57 Å². The van der Waals surface area contributed by atoms with Gasteiger partial charge in [-0.05, 0) is 24.8 Å². The van der Waals surface area contributed by atoms with Crippen molar-refractivity contribution in [1.29, 1.82) is 0 Å². The lowest BCUT2D eigenvalue weighted by atomic mass is 10.1. The second-order valence-electron chi connectivity index (χ2n) is 3.96. The Morgan fingerprint density at radius 3 is 3.07 bits per heavy atom. The van der Waals surface area contributed by atoms with Gasteiger partial charge in [0.05, 0.1) is 16.9 Å². The van der Waals surface area contributed by atoms with Gasteiger partial charge in [0.25, 0.3) is 0 Å². The van der Waals surface area contributed by atoms with Gasteiger partial charge in [-0.2, -0.15) is 5.10 Å². The Morgan fingerprint density at radius 1 is 1.67 bits per heavy atom. The number of allylic oxidation sites excluding steroid dienone is 1. The number of nitrogens with zero attached hydrogens (tertiary/aromatic N) is 2. The molecule has 0 aliphatic heterocycles. The van der Waals surface area contributed by atoms with Crippen molar-refractivity contribution < 1.29 is 0 Å². The SMILES string of the molecule is CCCn1ncc(Cl)c1C1=CC(N)CC1. The predicted molar refractivity (Wildman–Crippen MR) is 62.7 cm³/mol. The summed E-state index contributed by atoms with van der Waals surface area (Å²) in [4.78, 5) is 0. The molecule has 1 aliphatic carbocycles. The minimum atomic E-state index is 0.182. The van der Waals surface area contributed by atoms with Crippen LogP contribution in [0.15, 0.2) is 12.3 Å². The maximum absolute atomic E-state index is 6.14. The van der Waals surface area contributed by atoms with Crippen molar-refractivity contribution >= 4 is 17.2 Å². The molecule has 4 heteroatoms. The van der Waals surface area contributed by atoms with Crippen LogP contribution in [0.5, 0.6) is 0 Å². The molecule has 1 atom stereocenters. The zero-order valence-corrected chi connectivity index (χ0v) is 9.67. The molecule has 0 saturated heterocycles. The zero-order chi connectivity index (χ0) is 10.8. The first-order valence-corrected chi connectivity index (χ1v) is 5.78. The highest BCUT2D eigenvalue weighted by atomic mass is 35.5. The minimum absolute atomic E-state index is 0.182. The molecule has 0 fully saturated rings. The molecular formula is C11H16ClN3. The van der Waals surface area contributed by atoms with E-state index in [1.807, 2.05) is 4.68 Å². The first-order valence-electron chi connectivity index (χ1n) is 5.40. The Balaban J connectivity index is 2.33. The average Bonchev–Trinajstić information content (AvgIpc) is 2.74. The summed E-state index contributed by atoms with van der Waals surface area (Å²) >= 11 is 6.14. The third-order valence-corrected chi connectivity index (χ3v) is 2.97. The van der Waals surface area contributed by atoms with Gasteiger partial charge >= 0.3 is 0 Å². The van der Waals surface area contributed by atoms with Crippen LogP contribution in [0, 0.1) is 0 Å². The highest BCUT2D eigenvalue weighted by molar-refractivity contribution is 6.32. The van der Waals surface area contributed by atoms with E-state index in [4.69, 9.17) is 17.3 Å². The summed E-state index contributed by atoms with van der Waals surface area (Å²) in [7, 11) is 0. The first kappa shape index (κ1) is 10.7. The molecule has 1 unspecified atom stereocenters. The standard InChI is InChI=1S/C11H16ClN3/c1-2-5-15-11(10(12)7-14-15)8-3-4-9(13)6-8/h6-7,9H,2-5,13H2,1H3. The highest BCUT2D eigenvalue weighted by Crippen LogP contribution is 2.31. The second kappa shape index (κ2) is 4.37. The molecule has 1 aromatic rings. The second-order valence-corrected chi connectivity index (χ2v) is 4.37. The molecule has 0 spiro atoms. The van der Waals surface area contributed by atoms with E-state index in [-0.39, 0.29) is 6.04 Å². The number of hydrogen-bond acceptors (Lipinski definition) is 2. The molecule has 0 aromatic carbocycles. The van der Waals surface area contributed by atoms with Gasteiger partial charge in [-0.3, -0.25) is 4.68 Å². The quantitative estimate of drug-likeness (QED) is 0.859. The Labute approximate surface area is 94.9 Å². The van der Waals surface area contributed by atoms with E-state index < -0.39 is 0 Å². The van der Waals surface area contributed by atoms with Crippen LogP contribution in [-0.2, 0) is 6.54 Å². The van der Waals surface area contributed by atoms with Crippen LogP contribution >= 0.6 is 11.6 Å². The Kier molecular flexibility index (Phi) is 3.12. The van der Waals surface area contributed by atoms with Gasteiger partial charge in [-0.1, -0.05) is 24.6 Å². The van der Waals surface area contributed by atoms with Crippen molar-refractivity contribution in [2.75, 3.05) is 0 Å². The smallest absolute Gasteiger partial charge is 0.0862 e. The molecule has 0 radical (unpaired) electrons. The van der Waals surface area contributed by atoms with Crippen LogP contribution < -0.4 is 5.73 Å². The summed E-state index contributed by atoms with van der Waals surface area (Å²) in [5, 5.41) is 5.02. The van der Waals surface area contributed by atoms with Crippen molar-refractivity contribution in [3.8, 4) is 0 Å². The Hall–Kier alpha value is -0.800. The lowest BCUT2D eigenvalue weighted by Crippen LogP contribution is -2.11. The molecule has 1 aliphatic rings. The van der Waals surface area contributed by atoms with Gasteiger partial charge in [0, 0.05) is 12.6 Å². The number of aromatic nitrogens is 2. The molecule has 3 nitrogen and oxygen atoms in total. The van der Waals surface area contributed by atoms with Crippen molar-refractivity contribution in [3.05, 3.63) is 23.0 Å². The minimum Gasteiger partial charge on any atom is -0.324 e. The maximum Gasteiger partial charge on any atom is 0.0862 e. The summed E-state index contributed by atoms with van der Waals surface area (Å²) in [5.41, 5.74) is 8.17. The third kappa shape index (κ3) is 2.08. The third-order valence-electron chi connectivity index (χ3n) is 2.70. The molecule has 0 bridgehead atoms. The first-order chi connectivity index (χ1) is 7.22. The number of halogens is 1. The van der Waals surface area contributed by atoms with Crippen molar-refractivity contribution in [3.63, 3.8) is 0 Å². The summed E-state index contributed by atoms with van der Waals surface area (Å²) < 4.78 is 1.98. The predicted octanol–water partition coefficient (Wildman–Crippen LogP) is 2.45. The zero-order valence-electron chi connectivity index (χ0n) is 8.91. The lowest BCUT2D eigenvalue weighted by molar-refractivity contribution is 0.595. The molecule has 2 N–H and O–H groups in total. The molecule has 82 valence electrons. The van der Waals surface area contributed by atoms with Crippen molar-refractivity contribution in [1.82, 2.24) is 9.78 Å². The van der Waals surface area contributed by atoms with Crippen molar-refractivity contribution in [2.45, 2.75) is 38.8 Å². The Morgan fingerprint density at radius 2 is 2.47 bits per heavy atom.